The van der Waals surface area contributed by atoms with Crippen molar-refractivity contribution in [2.24, 2.45) is 17.3 Å². The number of allylic oxidation sites excluding steroid dienone is 1. The fraction of sp³-hybridized carbons (Fsp3) is 0.318. The highest BCUT2D eigenvalue weighted by molar-refractivity contribution is 6.55. The Morgan fingerprint density at radius 1 is 1.07 bits per heavy atom. The Kier molecular flexibility index (Phi) is 6.13. The zero-order valence-electron chi connectivity index (χ0n) is 15.3. The lowest BCUT2D eigenvalue weighted by Crippen LogP contribution is -2.12. The number of benzene rings is 2. The van der Waals surface area contributed by atoms with E-state index in [2.05, 4.69) is 0 Å². The number of para-hydroxylation sites is 1. The Labute approximate surface area is 169 Å². The van der Waals surface area contributed by atoms with Gasteiger partial charge in [0.1, 0.15) is 16.0 Å². The second-order valence-electron chi connectivity index (χ2n) is 7.26. The van der Waals surface area contributed by atoms with Gasteiger partial charge in [0.05, 0.1) is 12.5 Å². The standard InChI is InChI=1S/C22H22Cl2O3/c1-22(2)18(14-19(23)24)20(22)21(25)26-12-11-15-7-6-10-17(13-15)27-16-8-4-3-5-9-16/h3-10,13-14,18,20H,11-12H2,1-2H3. The SMILES string of the molecule is CC1(C)C(C=C(Cl)Cl)C1C(=O)OCCc1cccc(Oc2ccccc2)c1. The number of hydrogen-bond donors (Lipinski definition) is 0. The normalized spacial score (nSPS) is 19.9. The highest BCUT2D eigenvalue weighted by Crippen LogP contribution is 2.60. The molecule has 2 aromatic carbocycles. The quantitative estimate of drug-likeness (QED) is 0.518. The summed E-state index contributed by atoms with van der Waals surface area (Å²) in [6.45, 7) is 4.35. The number of carbonyl (C=O) groups is 1. The molecule has 27 heavy (non-hydrogen) atoms. The molecule has 3 nitrogen and oxygen atoms in total. The van der Waals surface area contributed by atoms with Gasteiger partial charge in [0.2, 0.25) is 0 Å². The summed E-state index contributed by atoms with van der Waals surface area (Å²) in [5, 5.41) is 0. The van der Waals surface area contributed by atoms with Gasteiger partial charge in [-0.3, -0.25) is 4.79 Å². The lowest BCUT2D eigenvalue weighted by Gasteiger charge is -2.09. The molecule has 1 fully saturated rings. The first-order valence-corrected chi connectivity index (χ1v) is 9.65. The zero-order valence-corrected chi connectivity index (χ0v) is 16.8. The topological polar surface area (TPSA) is 35.5 Å². The lowest BCUT2D eigenvalue weighted by atomic mass is 10.1. The minimum absolute atomic E-state index is 0.0256. The Morgan fingerprint density at radius 3 is 2.48 bits per heavy atom. The second-order valence-corrected chi connectivity index (χ2v) is 8.27. The first-order valence-electron chi connectivity index (χ1n) is 8.89. The molecule has 5 heteroatoms. The van der Waals surface area contributed by atoms with E-state index >= 15 is 0 Å². The summed E-state index contributed by atoms with van der Waals surface area (Å²) in [6.07, 6.45) is 2.35. The maximum Gasteiger partial charge on any atom is 0.310 e. The minimum atomic E-state index is -0.201. The molecule has 0 amide bonds. The predicted molar refractivity (Wildman–Crippen MR) is 108 cm³/mol. The van der Waals surface area contributed by atoms with Crippen molar-refractivity contribution >= 4 is 29.2 Å². The van der Waals surface area contributed by atoms with Crippen LogP contribution in [-0.2, 0) is 16.0 Å². The van der Waals surface area contributed by atoms with E-state index in [9.17, 15) is 4.79 Å². The van der Waals surface area contributed by atoms with Crippen LogP contribution in [0.3, 0.4) is 0 Å². The van der Waals surface area contributed by atoms with Gasteiger partial charge in [-0.1, -0.05) is 67.4 Å². The second kappa shape index (κ2) is 8.37. The van der Waals surface area contributed by atoms with E-state index in [1.165, 1.54) is 0 Å². The van der Waals surface area contributed by atoms with Crippen molar-refractivity contribution in [1.29, 1.82) is 0 Å². The molecule has 0 spiro atoms. The van der Waals surface area contributed by atoms with E-state index in [1.807, 2.05) is 68.4 Å². The summed E-state index contributed by atoms with van der Waals surface area (Å²) in [7, 11) is 0. The fourth-order valence-corrected chi connectivity index (χ4v) is 3.59. The maximum atomic E-state index is 12.3. The molecular formula is C22H22Cl2O3. The van der Waals surface area contributed by atoms with Crippen molar-refractivity contribution in [1.82, 2.24) is 0 Å². The molecule has 1 saturated carbocycles. The Hall–Kier alpha value is -1.97. The summed E-state index contributed by atoms with van der Waals surface area (Å²) in [6, 6.07) is 17.4. The first kappa shape index (κ1) is 19.8. The number of esters is 1. The van der Waals surface area contributed by atoms with E-state index in [0.717, 1.165) is 17.1 Å². The zero-order chi connectivity index (χ0) is 19.4. The molecule has 1 aliphatic rings. The van der Waals surface area contributed by atoms with Crippen LogP contribution in [0.2, 0.25) is 0 Å². The predicted octanol–water partition coefficient (Wildman–Crippen LogP) is 6.16. The van der Waals surface area contributed by atoms with Crippen LogP contribution in [0.25, 0.3) is 0 Å². The minimum Gasteiger partial charge on any atom is -0.465 e. The van der Waals surface area contributed by atoms with E-state index in [4.69, 9.17) is 32.7 Å². The van der Waals surface area contributed by atoms with Crippen LogP contribution in [0, 0.1) is 17.3 Å². The van der Waals surface area contributed by atoms with Crippen molar-refractivity contribution in [3.63, 3.8) is 0 Å². The fourth-order valence-electron chi connectivity index (χ4n) is 3.32. The number of rotatable bonds is 7. The van der Waals surface area contributed by atoms with Crippen LogP contribution in [0.4, 0.5) is 0 Å². The molecule has 0 N–H and O–H groups in total. The summed E-state index contributed by atoms with van der Waals surface area (Å²) in [5.41, 5.74) is 0.877. The average molecular weight is 405 g/mol. The largest absolute Gasteiger partial charge is 0.465 e. The summed E-state index contributed by atoms with van der Waals surface area (Å²) >= 11 is 11.5. The first-order chi connectivity index (χ1) is 12.9. The van der Waals surface area contributed by atoms with E-state index in [-0.39, 0.29) is 27.7 Å². The summed E-state index contributed by atoms with van der Waals surface area (Å²) in [4.78, 5) is 12.3. The van der Waals surface area contributed by atoms with Crippen molar-refractivity contribution in [2.75, 3.05) is 6.61 Å². The molecule has 2 unspecified atom stereocenters. The van der Waals surface area contributed by atoms with Crippen molar-refractivity contribution in [3.05, 3.63) is 70.7 Å². The van der Waals surface area contributed by atoms with Crippen molar-refractivity contribution in [3.8, 4) is 11.5 Å². The number of ether oxygens (including phenoxy) is 2. The molecule has 0 aromatic heterocycles. The van der Waals surface area contributed by atoms with Crippen LogP contribution in [0.1, 0.15) is 19.4 Å². The Morgan fingerprint density at radius 2 is 1.78 bits per heavy atom. The van der Waals surface area contributed by atoms with Crippen LogP contribution in [-0.4, -0.2) is 12.6 Å². The van der Waals surface area contributed by atoms with Crippen LogP contribution >= 0.6 is 23.2 Å². The van der Waals surface area contributed by atoms with E-state index < -0.39 is 0 Å². The molecular weight excluding hydrogens is 383 g/mol. The van der Waals surface area contributed by atoms with Gasteiger partial charge in [0.25, 0.3) is 0 Å². The van der Waals surface area contributed by atoms with Crippen LogP contribution in [0.5, 0.6) is 11.5 Å². The molecule has 2 atom stereocenters. The molecule has 0 radical (unpaired) electrons. The third-order valence-electron chi connectivity index (χ3n) is 4.98. The molecule has 3 rings (SSSR count). The van der Waals surface area contributed by atoms with Gasteiger partial charge in [-0.05, 0) is 47.2 Å². The highest BCUT2D eigenvalue weighted by atomic mass is 35.5. The van der Waals surface area contributed by atoms with Crippen molar-refractivity contribution < 1.29 is 14.3 Å². The van der Waals surface area contributed by atoms with Gasteiger partial charge in [-0.25, -0.2) is 0 Å². The van der Waals surface area contributed by atoms with E-state index in [0.29, 0.717) is 13.0 Å². The van der Waals surface area contributed by atoms with Crippen molar-refractivity contribution in [2.45, 2.75) is 20.3 Å². The number of carbonyl (C=O) groups excluding carboxylic acids is 1. The third-order valence-corrected chi connectivity index (χ3v) is 5.23. The van der Waals surface area contributed by atoms with Gasteiger partial charge >= 0.3 is 5.97 Å². The van der Waals surface area contributed by atoms with Gasteiger partial charge in [-0.2, -0.15) is 0 Å². The molecule has 1 aliphatic carbocycles. The smallest absolute Gasteiger partial charge is 0.310 e. The number of halogens is 2. The van der Waals surface area contributed by atoms with Gasteiger partial charge in [0, 0.05) is 6.42 Å². The molecule has 0 aliphatic heterocycles. The van der Waals surface area contributed by atoms with Crippen LogP contribution in [0.15, 0.2) is 65.2 Å². The summed E-state index contributed by atoms with van der Waals surface area (Å²) in [5.74, 6) is 1.17. The van der Waals surface area contributed by atoms with Gasteiger partial charge in [-0.15, -0.1) is 0 Å². The highest BCUT2D eigenvalue weighted by Gasteiger charge is 2.61. The Balaban J connectivity index is 1.52. The molecule has 0 bridgehead atoms. The monoisotopic (exact) mass is 404 g/mol. The lowest BCUT2D eigenvalue weighted by molar-refractivity contribution is -0.146. The van der Waals surface area contributed by atoms with Crippen LogP contribution < -0.4 is 4.74 Å². The van der Waals surface area contributed by atoms with Gasteiger partial charge in [0.15, 0.2) is 0 Å². The molecule has 142 valence electrons. The Bertz CT molecular complexity index is 826. The molecule has 0 heterocycles. The average Bonchev–Trinajstić information content (AvgIpc) is 3.15. The number of hydrogen-bond acceptors (Lipinski definition) is 3. The van der Waals surface area contributed by atoms with E-state index in [1.54, 1.807) is 6.08 Å². The van der Waals surface area contributed by atoms with Gasteiger partial charge < -0.3 is 9.47 Å². The molecule has 2 aromatic rings. The third kappa shape index (κ3) is 5.06. The maximum absolute atomic E-state index is 12.3. The summed E-state index contributed by atoms with van der Waals surface area (Å²) < 4.78 is 11.5. The molecule has 0 saturated heterocycles.